The Labute approximate surface area is 108 Å². The predicted octanol–water partition coefficient (Wildman–Crippen LogP) is 3.12. The van der Waals surface area contributed by atoms with Gasteiger partial charge in [0, 0.05) is 17.8 Å². The van der Waals surface area contributed by atoms with Gasteiger partial charge in [-0.3, -0.25) is 0 Å². The zero-order valence-corrected chi connectivity index (χ0v) is 10.7. The first-order chi connectivity index (χ1) is 8.81. The molecule has 0 saturated heterocycles. The molecule has 0 atom stereocenters. The van der Waals surface area contributed by atoms with Gasteiger partial charge < -0.3 is 10.2 Å². The van der Waals surface area contributed by atoms with Gasteiger partial charge in [-0.15, -0.1) is 0 Å². The number of nitrogens with one attached hydrogen (secondary N) is 2. The Balaban J connectivity index is 1.96. The lowest BCUT2D eigenvalue weighted by Gasteiger charge is -2.13. The zero-order chi connectivity index (χ0) is 12.8. The van der Waals surface area contributed by atoms with Gasteiger partial charge in [0.1, 0.15) is 5.75 Å². The second-order valence-corrected chi connectivity index (χ2v) is 4.11. The molecule has 0 radical (unpaired) electrons. The van der Waals surface area contributed by atoms with Gasteiger partial charge in [0.2, 0.25) is 0 Å². The molecule has 0 spiro atoms. The lowest BCUT2D eigenvalue weighted by molar-refractivity contribution is 0.405. The molecule has 0 aliphatic carbocycles. The fourth-order valence-corrected chi connectivity index (χ4v) is 1.91. The van der Waals surface area contributed by atoms with Crippen molar-refractivity contribution < 1.29 is 4.74 Å². The van der Waals surface area contributed by atoms with Crippen LogP contribution in [0.25, 0.3) is 0 Å². The lowest BCUT2D eigenvalue weighted by Crippen LogP contribution is -2.21. The first kappa shape index (κ1) is 12.5. The van der Waals surface area contributed by atoms with Crippen molar-refractivity contribution in [2.24, 2.45) is 0 Å². The third-order valence-corrected chi connectivity index (χ3v) is 2.78. The summed E-state index contributed by atoms with van der Waals surface area (Å²) in [5.74, 6) is 0.944. The fraction of sp³-hybridized carbons (Fsp3) is 0.200. The van der Waals surface area contributed by atoms with Crippen LogP contribution in [0, 0.1) is 6.92 Å². The lowest BCUT2D eigenvalue weighted by atomic mass is 10.1. The summed E-state index contributed by atoms with van der Waals surface area (Å²) in [6, 6.07) is 16.2. The average molecular weight is 242 g/mol. The molecule has 94 valence electrons. The minimum atomic E-state index is 0.708. The van der Waals surface area contributed by atoms with Crippen LogP contribution < -0.4 is 15.6 Å². The Morgan fingerprint density at radius 2 is 1.78 bits per heavy atom. The first-order valence-electron chi connectivity index (χ1n) is 5.97. The van der Waals surface area contributed by atoms with E-state index in [-0.39, 0.29) is 0 Å². The van der Waals surface area contributed by atoms with Crippen LogP contribution in [0.3, 0.4) is 0 Å². The molecule has 2 N–H and O–H groups in total. The highest BCUT2D eigenvalue weighted by Crippen LogP contribution is 2.22. The first-order valence-corrected chi connectivity index (χ1v) is 5.97. The van der Waals surface area contributed by atoms with Crippen LogP contribution in [-0.4, -0.2) is 7.11 Å². The fourth-order valence-electron chi connectivity index (χ4n) is 1.91. The molecule has 0 bridgehead atoms. The molecular weight excluding hydrogens is 224 g/mol. The number of hydrogen-bond donors (Lipinski definition) is 2. The number of rotatable bonds is 5. The van der Waals surface area contributed by atoms with Crippen molar-refractivity contribution in [1.82, 2.24) is 5.43 Å². The topological polar surface area (TPSA) is 33.3 Å². The number of hydrogen-bond acceptors (Lipinski definition) is 3. The van der Waals surface area contributed by atoms with E-state index >= 15 is 0 Å². The molecule has 0 fully saturated rings. The van der Waals surface area contributed by atoms with Crippen LogP contribution in [0.5, 0.6) is 5.75 Å². The van der Waals surface area contributed by atoms with Crippen LogP contribution >= 0.6 is 0 Å². The molecule has 18 heavy (non-hydrogen) atoms. The Morgan fingerprint density at radius 1 is 1.00 bits per heavy atom. The van der Waals surface area contributed by atoms with Crippen LogP contribution in [-0.2, 0) is 6.54 Å². The molecule has 0 heterocycles. The third kappa shape index (κ3) is 3.02. The maximum atomic E-state index is 5.41. The Bertz CT molecular complexity index is 497. The highest BCUT2D eigenvalue weighted by molar-refractivity contribution is 5.43. The van der Waals surface area contributed by atoms with Gasteiger partial charge in [-0.05, 0) is 24.6 Å². The highest BCUT2D eigenvalue weighted by atomic mass is 16.5. The third-order valence-electron chi connectivity index (χ3n) is 2.78. The summed E-state index contributed by atoms with van der Waals surface area (Å²) in [6.45, 7) is 2.76. The summed E-state index contributed by atoms with van der Waals surface area (Å²) < 4.78 is 5.41. The van der Waals surface area contributed by atoms with Gasteiger partial charge >= 0.3 is 0 Å². The van der Waals surface area contributed by atoms with Gasteiger partial charge in [0.05, 0.1) is 7.11 Å². The second-order valence-electron chi connectivity index (χ2n) is 4.11. The molecule has 0 aliphatic rings. The van der Waals surface area contributed by atoms with Crippen molar-refractivity contribution >= 4 is 5.69 Å². The molecule has 0 unspecified atom stereocenters. The highest BCUT2D eigenvalue weighted by Gasteiger charge is 2.04. The monoisotopic (exact) mass is 242 g/mol. The summed E-state index contributed by atoms with van der Waals surface area (Å²) in [4.78, 5) is 0. The Kier molecular flexibility index (Phi) is 4.20. The number of ether oxygens (including phenoxy) is 1. The van der Waals surface area contributed by atoms with Crippen molar-refractivity contribution in [1.29, 1.82) is 0 Å². The van der Waals surface area contributed by atoms with Crippen molar-refractivity contribution in [3.63, 3.8) is 0 Å². The normalized spacial score (nSPS) is 10.1. The van der Waals surface area contributed by atoms with E-state index in [2.05, 4.69) is 16.9 Å². The number of anilines is 1. The minimum absolute atomic E-state index is 0.708. The van der Waals surface area contributed by atoms with Gasteiger partial charge in [-0.2, -0.15) is 0 Å². The zero-order valence-electron chi connectivity index (χ0n) is 10.7. The number of hydrazine groups is 1. The SMILES string of the molecule is COc1c(C)cccc1CNNc1ccccc1. The van der Waals surface area contributed by atoms with E-state index in [9.17, 15) is 0 Å². The number of benzene rings is 2. The molecule has 3 heteroatoms. The van der Waals surface area contributed by atoms with Crippen LogP contribution in [0.1, 0.15) is 11.1 Å². The maximum Gasteiger partial charge on any atom is 0.126 e. The summed E-state index contributed by atoms with van der Waals surface area (Å²) in [7, 11) is 1.70. The summed E-state index contributed by atoms with van der Waals surface area (Å²) in [5, 5.41) is 0. The second kappa shape index (κ2) is 6.07. The van der Waals surface area contributed by atoms with Crippen LogP contribution in [0.4, 0.5) is 5.69 Å². The van der Waals surface area contributed by atoms with Gasteiger partial charge in [-0.1, -0.05) is 36.4 Å². The molecule has 0 amide bonds. The summed E-state index contributed by atoms with van der Waals surface area (Å²) in [5.41, 5.74) is 9.68. The van der Waals surface area contributed by atoms with Gasteiger partial charge in [0.15, 0.2) is 0 Å². The van der Waals surface area contributed by atoms with E-state index in [4.69, 9.17) is 4.74 Å². The molecular formula is C15H18N2O. The summed E-state index contributed by atoms with van der Waals surface area (Å²) >= 11 is 0. The van der Waals surface area contributed by atoms with Crippen LogP contribution in [0.15, 0.2) is 48.5 Å². The smallest absolute Gasteiger partial charge is 0.126 e. The van der Waals surface area contributed by atoms with E-state index in [1.165, 1.54) is 0 Å². The van der Waals surface area contributed by atoms with E-state index in [0.29, 0.717) is 6.54 Å². The molecule has 3 nitrogen and oxygen atoms in total. The van der Waals surface area contributed by atoms with Crippen molar-refractivity contribution in [3.05, 3.63) is 59.7 Å². The van der Waals surface area contributed by atoms with Crippen molar-refractivity contribution in [2.45, 2.75) is 13.5 Å². The van der Waals surface area contributed by atoms with E-state index in [1.54, 1.807) is 7.11 Å². The average Bonchev–Trinajstić information content (AvgIpc) is 2.40. The number of aryl methyl sites for hydroxylation is 1. The molecule has 0 saturated carbocycles. The molecule has 2 rings (SSSR count). The maximum absolute atomic E-state index is 5.41. The van der Waals surface area contributed by atoms with Crippen LogP contribution in [0.2, 0.25) is 0 Å². The molecule has 2 aromatic carbocycles. The van der Waals surface area contributed by atoms with Crippen molar-refractivity contribution in [2.75, 3.05) is 12.5 Å². The van der Waals surface area contributed by atoms with Crippen molar-refractivity contribution in [3.8, 4) is 5.75 Å². The Morgan fingerprint density at radius 3 is 2.50 bits per heavy atom. The van der Waals surface area contributed by atoms with E-state index < -0.39 is 0 Å². The van der Waals surface area contributed by atoms with Gasteiger partial charge in [0.25, 0.3) is 0 Å². The number of para-hydroxylation sites is 2. The molecule has 0 aromatic heterocycles. The largest absolute Gasteiger partial charge is 0.496 e. The van der Waals surface area contributed by atoms with Gasteiger partial charge in [-0.25, -0.2) is 5.43 Å². The van der Waals surface area contributed by atoms with E-state index in [0.717, 1.165) is 22.6 Å². The number of methoxy groups -OCH3 is 1. The quantitative estimate of drug-likeness (QED) is 0.790. The standard InChI is InChI=1S/C15H18N2O/c1-12-7-6-8-13(15(12)18-2)11-16-17-14-9-4-3-5-10-14/h3-10,16-17H,11H2,1-2H3. The Hall–Kier alpha value is -2.00. The minimum Gasteiger partial charge on any atom is -0.496 e. The predicted molar refractivity (Wildman–Crippen MR) is 74.6 cm³/mol. The molecule has 2 aromatic rings. The van der Waals surface area contributed by atoms with E-state index in [1.807, 2.05) is 49.4 Å². The summed E-state index contributed by atoms with van der Waals surface area (Å²) in [6.07, 6.45) is 0. The molecule has 0 aliphatic heterocycles.